The number of phosphoric acid groups is 2. The maximum Gasteiger partial charge on any atom is 0.472 e. The molecule has 0 aromatic rings. The molecule has 101 heavy (non-hydrogen) atoms. The summed E-state index contributed by atoms with van der Waals surface area (Å²) in [5.41, 5.74) is 0. The van der Waals surface area contributed by atoms with Crippen LogP contribution in [0.25, 0.3) is 0 Å². The summed E-state index contributed by atoms with van der Waals surface area (Å²) in [6.45, 7) is 14.2. The van der Waals surface area contributed by atoms with E-state index in [9.17, 15) is 43.2 Å². The molecule has 17 nitrogen and oxygen atoms in total. The quantitative estimate of drug-likeness (QED) is 0.0222. The number of carbonyl (C=O) groups excluding carboxylic acids is 4. The number of carbonyl (C=O) groups is 4. The van der Waals surface area contributed by atoms with Crippen LogP contribution in [0.4, 0.5) is 0 Å². The van der Waals surface area contributed by atoms with E-state index in [-0.39, 0.29) is 25.7 Å². The zero-order chi connectivity index (χ0) is 74.6. The summed E-state index contributed by atoms with van der Waals surface area (Å²) < 4.78 is 68.7. The first kappa shape index (κ1) is 99.1. The molecule has 0 saturated heterocycles. The van der Waals surface area contributed by atoms with Gasteiger partial charge in [0.2, 0.25) is 0 Å². The van der Waals surface area contributed by atoms with Gasteiger partial charge >= 0.3 is 39.5 Å². The Morgan fingerprint density at radius 2 is 0.416 bits per heavy atom. The molecule has 3 N–H and O–H groups in total. The van der Waals surface area contributed by atoms with Crippen LogP contribution in [0.2, 0.25) is 0 Å². The third-order valence-electron chi connectivity index (χ3n) is 19.1. The Morgan fingerprint density at radius 3 is 0.614 bits per heavy atom. The Balaban J connectivity index is 5.17. The first-order valence-corrected chi connectivity index (χ1v) is 45.2. The number of aliphatic hydroxyl groups is 1. The summed E-state index contributed by atoms with van der Waals surface area (Å²) in [5.74, 6) is 0.946. The highest BCUT2D eigenvalue weighted by molar-refractivity contribution is 7.47. The molecule has 0 radical (unpaired) electrons. The van der Waals surface area contributed by atoms with E-state index in [1.807, 2.05) is 0 Å². The molecule has 0 spiro atoms. The van der Waals surface area contributed by atoms with E-state index in [0.29, 0.717) is 31.6 Å². The molecule has 3 unspecified atom stereocenters. The fraction of sp³-hybridized carbons (Fsp3) is 0.951. The fourth-order valence-electron chi connectivity index (χ4n) is 12.6. The molecule has 0 aliphatic rings. The van der Waals surface area contributed by atoms with Gasteiger partial charge < -0.3 is 33.8 Å². The average Bonchev–Trinajstić information content (AvgIpc) is 0.941. The van der Waals surface area contributed by atoms with Gasteiger partial charge in [-0.3, -0.25) is 37.3 Å². The van der Waals surface area contributed by atoms with Crippen molar-refractivity contribution in [3.63, 3.8) is 0 Å². The summed E-state index contributed by atoms with van der Waals surface area (Å²) in [4.78, 5) is 73.0. The van der Waals surface area contributed by atoms with E-state index >= 15 is 0 Å². The van der Waals surface area contributed by atoms with Crippen LogP contribution in [0.15, 0.2) is 0 Å². The van der Waals surface area contributed by atoms with E-state index in [0.717, 1.165) is 114 Å². The Kier molecular flexibility index (Phi) is 69.6. The van der Waals surface area contributed by atoms with Crippen molar-refractivity contribution in [1.82, 2.24) is 0 Å². The molecule has 19 heteroatoms. The monoisotopic (exact) mass is 1480 g/mol. The van der Waals surface area contributed by atoms with Crippen LogP contribution >= 0.6 is 15.6 Å². The highest BCUT2D eigenvalue weighted by Gasteiger charge is 2.30. The molecule has 0 aliphatic carbocycles. The third-order valence-corrected chi connectivity index (χ3v) is 21.0. The number of esters is 4. The summed E-state index contributed by atoms with van der Waals surface area (Å²) in [6, 6.07) is 0. The molecular weight excluding hydrogens is 1320 g/mol. The molecule has 0 fully saturated rings. The standard InChI is InChI=1S/C82H160O17P2/c1-72(2)58-50-42-34-27-23-19-15-11-9-10-12-17-21-25-29-39-48-56-65-82(87)99-78(69-93-80(85)63-55-47-41-33-37-45-53-61-75(7)8)71-97-101(90,91)95-67-76(83)66-94-100(88,89)96-70-77(68-92-79(84)62-54-46-38-32-31-36-44-52-60-74(5)6)98-81(86)64-57-49-40-30-26-22-18-14-13-16-20-24-28-35-43-51-59-73(3)4/h72-78,83H,9-71H2,1-8H3,(H,88,89)(H,90,91)/t76?,77-,78-/m1/s1. The van der Waals surface area contributed by atoms with Crippen molar-refractivity contribution in [1.29, 1.82) is 0 Å². The van der Waals surface area contributed by atoms with E-state index in [1.165, 1.54) is 218 Å². The molecule has 0 rings (SSSR count). The molecule has 0 heterocycles. The van der Waals surface area contributed by atoms with Gasteiger partial charge in [-0.25, -0.2) is 9.13 Å². The molecule has 0 aromatic carbocycles. The Bertz CT molecular complexity index is 1970. The van der Waals surface area contributed by atoms with Gasteiger partial charge in [0.1, 0.15) is 19.3 Å². The predicted octanol–water partition coefficient (Wildman–Crippen LogP) is 24.4. The van der Waals surface area contributed by atoms with Crippen LogP contribution < -0.4 is 0 Å². The lowest BCUT2D eigenvalue weighted by Crippen LogP contribution is -2.30. The lowest BCUT2D eigenvalue weighted by atomic mass is 10.0. The second kappa shape index (κ2) is 71.0. The second-order valence-corrected chi connectivity index (χ2v) is 34.3. The summed E-state index contributed by atoms with van der Waals surface area (Å²) in [7, 11) is -9.92. The molecular formula is C82H160O17P2. The second-order valence-electron chi connectivity index (χ2n) is 31.4. The van der Waals surface area contributed by atoms with Crippen LogP contribution in [0.5, 0.6) is 0 Å². The van der Waals surface area contributed by atoms with Gasteiger partial charge in [-0.1, -0.05) is 370 Å². The number of hydrogen-bond donors (Lipinski definition) is 3. The molecule has 600 valence electrons. The average molecular weight is 1480 g/mol. The van der Waals surface area contributed by atoms with Gasteiger partial charge in [0.25, 0.3) is 0 Å². The van der Waals surface area contributed by atoms with E-state index in [2.05, 4.69) is 55.4 Å². The van der Waals surface area contributed by atoms with Gasteiger partial charge in [-0.2, -0.15) is 0 Å². The van der Waals surface area contributed by atoms with Gasteiger partial charge in [0, 0.05) is 25.7 Å². The van der Waals surface area contributed by atoms with Crippen LogP contribution in [-0.2, 0) is 65.4 Å². The zero-order valence-electron chi connectivity index (χ0n) is 66.5. The molecule has 0 saturated carbocycles. The Labute approximate surface area is 619 Å². The van der Waals surface area contributed by atoms with E-state index in [4.69, 9.17) is 37.0 Å². The highest BCUT2D eigenvalue weighted by Crippen LogP contribution is 2.45. The number of ether oxygens (including phenoxy) is 4. The lowest BCUT2D eigenvalue weighted by molar-refractivity contribution is -0.161. The van der Waals surface area contributed by atoms with Crippen molar-refractivity contribution in [2.24, 2.45) is 23.7 Å². The van der Waals surface area contributed by atoms with Crippen LogP contribution in [0.3, 0.4) is 0 Å². The summed E-state index contributed by atoms with van der Waals surface area (Å²) in [5, 5.41) is 10.6. The van der Waals surface area contributed by atoms with Crippen molar-refractivity contribution in [2.75, 3.05) is 39.6 Å². The van der Waals surface area contributed by atoms with Crippen molar-refractivity contribution < 1.29 is 80.2 Å². The topological polar surface area (TPSA) is 237 Å². The number of phosphoric ester groups is 2. The van der Waals surface area contributed by atoms with Gasteiger partial charge in [-0.15, -0.1) is 0 Å². The lowest BCUT2D eigenvalue weighted by Gasteiger charge is -2.21. The number of aliphatic hydroxyl groups excluding tert-OH is 1. The molecule has 0 aliphatic heterocycles. The minimum absolute atomic E-state index is 0.107. The van der Waals surface area contributed by atoms with Gasteiger partial charge in [-0.05, 0) is 49.4 Å². The largest absolute Gasteiger partial charge is 0.472 e. The molecule has 0 amide bonds. The maximum absolute atomic E-state index is 13.1. The van der Waals surface area contributed by atoms with Crippen LogP contribution in [0, 0.1) is 23.7 Å². The first-order valence-electron chi connectivity index (χ1n) is 42.2. The summed E-state index contributed by atoms with van der Waals surface area (Å²) in [6.07, 6.45) is 58.5. The van der Waals surface area contributed by atoms with Crippen molar-refractivity contribution >= 4 is 39.5 Å². The van der Waals surface area contributed by atoms with Crippen molar-refractivity contribution in [3.8, 4) is 0 Å². The number of rotatable bonds is 79. The van der Waals surface area contributed by atoms with Gasteiger partial charge in [0.15, 0.2) is 12.2 Å². The van der Waals surface area contributed by atoms with Crippen molar-refractivity contribution in [3.05, 3.63) is 0 Å². The van der Waals surface area contributed by atoms with Gasteiger partial charge in [0.05, 0.1) is 26.4 Å². The molecule has 0 aromatic heterocycles. The minimum atomic E-state index is -4.96. The number of unbranched alkanes of at least 4 members (excludes halogenated alkanes) is 45. The highest BCUT2D eigenvalue weighted by atomic mass is 31.2. The normalized spacial score (nSPS) is 14.0. The van der Waals surface area contributed by atoms with Crippen LogP contribution in [0.1, 0.15) is 421 Å². The SMILES string of the molecule is CC(C)CCCCCCCCCCCCCCCCCCCCC(=O)O[C@H](COC(=O)CCCCCCCCCC(C)C)COP(=O)(O)OCC(O)COP(=O)(O)OC[C@@H](COC(=O)CCCCCCCCCCC(C)C)OC(=O)CCCCCCCCCCCCCCCCCCC(C)C. The summed E-state index contributed by atoms with van der Waals surface area (Å²) >= 11 is 0. The Morgan fingerprint density at radius 1 is 0.248 bits per heavy atom. The minimum Gasteiger partial charge on any atom is -0.462 e. The van der Waals surface area contributed by atoms with Crippen molar-refractivity contribution in [2.45, 2.75) is 440 Å². The van der Waals surface area contributed by atoms with E-state index < -0.39 is 97.5 Å². The Hall–Kier alpha value is -1.94. The number of hydrogen-bond acceptors (Lipinski definition) is 15. The molecule has 5 atom stereocenters. The molecule has 0 bridgehead atoms. The van der Waals surface area contributed by atoms with E-state index in [1.54, 1.807) is 0 Å². The third kappa shape index (κ3) is 76.1. The van der Waals surface area contributed by atoms with Crippen LogP contribution in [-0.4, -0.2) is 96.7 Å². The zero-order valence-corrected chi connectivity index (χ0v) is 68.3. The fourth-order valence-corrected chi connectivity index (χ4v) is 14.2. The maximum atomic E-state index is 13.1. The smallest absolute Gasteiger partial charge is 0.462 e. The predicted molar refractivity (Wildman–Crippen MR) is 414 cm³/mol. The first-order chi connectivity index (χ1) is 48.6.